The lowest BCUT2D eigenvalue weighted by Crippen LogP contribution is -2.17. The van der Waals surface area contributed by atoms with Crippen molar-refractivity contribution in [3.05, 3.63) is 75.6 Å². The van der Waals surface area contributed by atoms with Gasteiger partial charge < -0.3 is 10.1 Å². The number of aromatic nitrogens is 2. The Morgan fingerprint density at radius 3 is 1.61 bits per heavy atom. The summed E-state index contributed by atoms with van der Waals surface area (Å²) in [6.07, 6.45) is 0. The van der Waals surface area contributed by atoms with Crippen LogP contribution in [0.15, 0.2) is 6.07 Å². The van der Waals surface area contributed by atoms with Crippen LogP contribution < -0.4 is 10.1 Å². The Hall–Kier alpha value is -4.11. The molecule has 16 heteroatoms. The number of esters is 1. The number of H-pyrrole nitrogens is 1. The summed E-state index contributed by atoms with van der Waals surface area (Å²) in [7, 11) is 0. The molecule has 0 aliphatic carbocycles. The molecule has 0 aliphatic rings. The minimum atomic E-state index is -2.53. The number of carbonyl (C=O) groups is 2. The highest BCUT2D eigenvalue weighted by atomic mass is 19.2. The lowest BCUT2D eigenvalue weighted by atomic mass is 10.2. The highest BCUT2D eigenvalue weighted by Gasteiger charge is 2.30. The Labute approximate surface area is 173 Å². The molecule has 1 amide bonds. The van der Waals surface area contributed by atoms with Crippen molar-refractivity contribution in [1.82, 2.24) is 10.2 Å². The number of ether oxygens (including phenoxy) is 1. The molecular formula is C17H3F10N3O3. The summed E-state index contributed by atoms with van der Waals surface area (Å²) < 4.78 is 137. The van der Waals surface area contributed by atoms with Gasteiger partial charge in [-0.05, 0) is 0 Å². The van der Waals surface area contributed by atoms with E-state index in [-0.39, 0.29) is 0 Å². The largest absolute Gasteiger partial charge is 0.415 e. The van der Waals surface area contributed by atoms with E-state index in [2.05, 4.69) is 9.84 Å². The van der Waals surface area contributed by atoms with Crippen molar-refractivity contribution in [2.75, 3.05) is 5.32 Å². The van der Waals surface area contributed by atoms with Gasteiger partial charge in [0.2, 0.25) is 40.7 Å². The van der Waals surface area contributed by atoms with E-state index >= 15 is 0 Å². The summed E-state index contributed by atoms with van der Waals surface area (Å²) in [5, 5.41) is 6.21. The number of rotatable bonds is 4. The van der Waals surface area contributed by atoms with E-state index in [0.717, 1.165) is 0 Å². The van der Waals surface area contributed by atoms with E-state index in [1.54, 1.807) is 5.10 Å². The van der Waals surface area contributed by atoms with Crippen LogP contribution in [0, 0.1) is 58.2 Å². The predicted molar refractivity (Wildman–Crippen MR) is 84.0 cm³/mol. The number of nitrogens with one attached hydrogen (secondary N) is 2. The number of aromatic amines is 1. The first-order valence-electron chi connectivity index (χ1n) is 7.98. The van der Waals surface area contributed by atoms with Crippen LogP contribution in [0.2, 0.25) is 0 Å². The monoisotopic (exact) mass is 487 g/mol. The summed E-state index contributed by atoms with van der Waals surface area (Å²) in [4.78, 5) is 23.9. The second-order valence-corrected chi connectivity index (χ2v) is 5.85. The fourth-order valence-electron chi connectivity index (χ4n) is 2.26. The van der Waals surface area contributed by atoms with E-state index in [9.17, 15) is 53.5 Å². The predicted octanol–water partition coefficient (Wildman–Crippen LogP) is 4.27. The first-order chi connectivity index (χ1) is 15.4. The van der Waals surface area contributed by atoms with Crippen molar-refractivity contribution in [3.8, 4) is 5.75 Å². The van der Waals surface area contributed by atoms with Gasteiger partial charge in [0.15, 0.2) is 29.0 Å². The van der Waals surface area contributed by atoms with Crippen molar-refractivity contribution < 1.29 is 58.2 Å². The third-order valence-electron chi connectivity index (χ3n) is 3.84. The molecule has 0 saturated heterocycles. The van der Waals surface area contributed by atoms with Gasteiger partial charge in [-0.15, -0.1) is 0 Å². The maximum absolute atomic E-state index is 13.6. The SMILES string of the molecule is O=C(Nc1c(F)c(F)c(F)c(F)c1F)c1cc(C(=O)Oc2c(F)c(F)c(F)c(F)c2F)[nH]n1. The molecular weight excluding hydrogens is 484 g/mol. The second kappa shape index (κ2) is 8.44. The molecule has 3 aromatic rings. The van der Waals surface area contributed by atoms with Crippen molar-refractivity contribution in [3.63, 3.8) is 0 Å². The van der Waals surface area contributed by atoms with Gasteiger partial charge in [-0.2, -0.15) is 13.9 Å². The zero-order valence-electron chi connectivity index (χ0n) is 15.0. The Kier molecular flexibility index (Phi) is 6.02. The molecule has 33 heavy (non-hydrogen) atoms. The van der Waals surface area contributed by atoms with E-state index in [0.29, 0.717) is 6.07 Å². The maximum atomic E-state index is 13.6. The molecule has 3 rings (SSSR count). The van der Waals surface area contributed by atoms with Gasteiger partial charge in [0, 0.05) is 6.07 Å². The molecule has 0 atom stereocenters. The Balaban J connectivity index is 1.85. The summed E-state index contributed by atoms with van der Waals surface area (Å²) >= 11 is 0. The zero-order valence-corrected chi connectivity index (χ0v) is 15.0. The smallest absolute Gasteiger partial charge is 0.361 e. The summed E-state index contributed by atoms with van der Waals surface area (Å²) in [5.74, 6) is -29.9. The van der Waals surface area contributed by atoms with Crippen LogP contribution in [-0.2, 0) is 0 Å². The molecule has 0 radical (unpaired) electrons. The van der Waals surface area contributed by atoms with Crippen molar-refractivity contribution in [2.24, 2.45) is 0 Å². The first kappa shape index (κ1) is 23.6. The Morgan fingerprint density at radius 2 is 1.12 bits per heavy atom. The molecule has 0 bridgehead atoms. The maximum Gasteiger partial charge on any atom is 0.361 e. The fraction of sp³-hybridized carbons (Fsp3) is 0. The highest BCUT2D eigenvalue weighted by Crippen LogP contribution is 2.30. The number of carbonyl (C=O) groups excluding carboxylic acids is 2. The number of hydrogen-bond donors (Lipinski definition) is 2. The molecule has 174 valence electrons. The standard InChI is InChI=1S/C17H3F10N3O3/c18-4-6(20)10(24)14(11(25)7(4)21)28-16(31)2-1-3(30-29-2)17(32)33-15-12(26)8(22)5(19)9(23)13(15)27/h1H,(H,28,31)(H,29,30). The van der Waals surface area contributed by atoms with Gasteiger partial charge in [0.25, 0.3) is 5.91 Å². The summed E-state index contributed by atoms with van der Waals surface area (Å²) in [5.41, 5.74) is -3.64. The van der Waals surface area contributed by atoms with Gasteiger partial charge in [-0.1, -0.05) is 0 Å². The molecule has 2 aromatic carbocycles. The molecule has 0 fully saturated rings. The normalized spacial score (nSPS) is 11.0. The van der Waals surface area contributed by atoms with E-state index < -0.39 is 92.9 Å². The van der Waals surface area contributed by atoms with E-state index in [1.807, 2.05) is 0 Å². The zero-order chi connectivity index (χ0) is 24.8. The number of amides is 1. The molecule has 6 nitrogen and oxygen atoms in total. The summed E-state index contributed by atoms with van der Waals surface area (Å²) in [6, 6.07) is 0.412. The second-order valence-electron chi connectivity index (χ2n) is 5.85. The summed E-state index contributed by atoms with van der Waals surface area (Å²) in [6.45, 7) is 0. The first-order valence-corrected chi connectivity index (χ1v) is 7.98. The van der Waals surface area contributed by atoms with E-state index in [1.165, 1.54) is 5.32 Å². The fourth-order valence-corrected chi connectivity index (χ4v) is 2.26. The minimum absolute atomic E-state index is 0.412. The number of benzene rings is 2. The minimum Gasteiger partial charge on any atom is -0.415 e. The number of nitrogens with zero attached hydrogens (tertiary/aromatic N) is 1. The van der Waals surface area contributed by atoms with Gasteiger partial charge in [0.1, 0.15) is 11.4 Å². The van der Waals surface area contributed by atoms with E-state index in [4.69, 9.17) is 0 Å². The number of halogens is 10. The van der Waals surface area contributed by atoms with Crippen LogP contribution in [0.1, 0.15) is 21.0 Å². The van der Waals surface area contributed by atoms with Crippen LogP contribution in [0.4, 0.5) is 49.6 Å². The molecule has 0 saturated carbocycles. The molecule has 0 unspecified atom stereocenters. The van der Waals surface area contributed by atoms with Gasteiger partial charge in [-0.25, -0.2) is 39.9 Å². The highest BCUT2D eigenvalue weighted by molar-refractivity contribution is 6.04. The number of hydrogen-bond acceptors (Lipinski definition) is 4. The number of anilines is 1. The third kappa shape index (κ3) is 3.94. The van der Waals surface area contributed by atoms with Gasteiger partial charge in [0.05, 0.1) is 0 Å². The molecule has 0 spiro atoms. The van der Waals surface area contributed by atoms with Crippen molar-refractivity contribution in [1.29, 1.82) is 0 Å². The van der Waals surface area contributed by atoms with Crippen molar-refractivity contribution in [2.45, 2.75) is 0 Å². The van der Waals surface area contributed by atoms with Crippen LogP contribution in [0.5, 0.6) is 5.75 Å². The van der Waals surface area contributed by atoms with Crippen LogP contribution in [0.25, 0.3) is 0 Å². The lowest BCUT2D eigenvalue weighted by molar-refractivity contribution is 0.0709. The topological polar surface area (TPSA) is 84.1 Å². The Bertz CT molecular complexity index is 1170. The van der Waals surface area contributed by atoms with Gasteiger partial charge in [-0.3, -0.25) is 9.89 Å². The third-order valence-corrected chi connectivity index (χ3v) is 3.84. The van der Waals surface area contributed by atoms with Gasteiger partial charge >= 0.3 is 5.97 Å². The molecule has 0 aliphatic heterocycles. The molecule has 1 aromatic heterocycles. The Morgan fingerprint density at radius 1 is 0.697 bits per heavy atom. The average Bonchev–Trinajstić information content (AvgIpc) is 3.30. The molecule has 2 N–H and O–H groups in total. The quantitative estimate of drug-likeness (QED) is 0.189. The lowest BCUT2D eigenvalue weighted by Gasteiger charge is -2.08. The average molecular weight is 487 g/mol. The van der Waals surface area contributed by atoms with Crippen LogP contribution in [-0.4, -0.2) is 22.1 Å². The van der Waals surface area contributed by atoms with Crippen molar-refractivity contribution >= 4 is 17.6 Å². The van der Waals surface area contributed by atoms with Crippen LogP contribution in [0.3, 0.4) is 0 Å². The molecule has 1 heterocycles. The van der Waals surface area contributed by atoms with Crippen LogP contribution >= 0.6 is 0 Å².